The van der Waals surface area contributed by atoms with Crippen molar-refractivity contribution in [1.82, 2.24) is 9.88 Å². The van der Waals surface area contributed by atoms with Gasteiger partial charge in [-0.05, 0) is 19.9 Å². The second-order valence-corrected chi connectivity index (χ2v) is 7.49. The van der Waals surface area contributed by atoms with Crippen molar-refractivity contribution in [1.29, 1.82) is 0 Å². The first-order valence-corrected chi connectivity index (χ1v) is 8.94. The molecule has 6 nitrogen and oxygen atoms in total. The van der Waals surface area contributed by atoms with E-state index in [-0.39, 0.29) is 5.75 Å². The summed E-state index contributed by atoms with van der Waals surface area (Å²) in [6, 6.07) is 0.398. The summed E-state index contributed by atoms with van der Waals surface area (Å²) in [5, 5.41) is 8.06. The molecule has 0 radical (unpaired) electrons. The van der Waals surface area contributed by atoms with Crippen molar-refractivity contribution in [3.63, 3.8) is 0 Å². The highest BCUT2D eigenvalue weighted by Gasteiger charge is 2.24. The molecule has 108 valence electrons. The standard InChI is InChI=1S/C11H20N4O2S2/c1-10-9-14(4-2-8-19(12,16)17)5-6-15(10)11-13-3-7-18-11/h3,7,10H,2,4-6,8-9H2,1H3,(H2,12,16,17)/t10-/m1/s1. The fraction of sp³-hybridized carbons (Fsp3) is 0.727. The number of hydrogen-bond acceptors (Lipinski definition) is 6. The Morgan fingerprint density at radius 2 is 2.32 bits per heavy atom. The number of rotatable bonds is 5. The number of primary sulfonamides is 1. The van der Waals surface area contributed by atoms with Gasteiger partial charge in [-0.1, -0.05) is 0 Å². The lowest BCUT2D eigenvalue weighted by atomic mass is 10.2. The first-order valence-electron chi connectivity index (χ1n) is 6.34. The second kappa shape index (κ2) is 6.17. The fourth-order valence-corrected chi connectivity index (χ4v) is 3.67. The van der Waals surface area contributed by atoms with Gasteiger partial charge < -0.3 is 4.90 Å². The van der Waals surface area contributed by atoms with Crippen molar-refractivity contribution in [3.05, 3.63) is 11.6 Å². The summed E-state index contributed by atoms with van der Waals surface area (Å²) in [6.45, 7) is 5.77. The van der Waals surface area contributed by atoms with E-state index in [4.69, 9.17) is 5.14 Å². The normalized spacial score (nSPS) is 21.8. The largest absolute Gasteiger partial charge is 0.343 e. The number of aromatic nitrogens is 1. The van der Waals surface area contributed by atoms with Crippen molar-refractivity contribution in [3.8, 4) is 0 Å². The number of nitrogens with zero attached hydrogens (tertiary/aromatic N) is 3. The Labute approximate surface area is 118 Å². The Balaban J connectivity index is 1.80. The molecular weight excluding hydrogens is 284 g/mol. The van der Waals surface area contributed by atoms with Crippen LogP contribution in [0.5, 0.6) is 0 Å². The van der Waals surface area contributed by atoms with Crippen molar-refractivity contribution < 1.29 is 8.42 Å². The van der Waals surface area contributed by atoms with Crippen LogP contribution in [0.4, 0.5) is 5.13 Å². The molecule has 0 spiro atoms. The van der Waals surface area contributed by atoms with Crippen LogP contribution in [0.15, 0.2) is 11.6 Å². The van der Waals surface area contributed by atoms with E-state index < -0.39 is 10.0 Å². The van der Waals surface area contributed by atoms with Gasteiger partial charge in [-0.3, -0.25) is 4.90 Å². The molecule has 8 heteroatoms. The lowest BCUT2D eigenvalue weighted by Crippen LogP contribution is -2.52. The Hall–Kier alpha value is -0.700. The zero-order chi connectivity index (χ0) is 13.9. The van der Waals surface area contributed by atoms with Gasteiger partial charge in [0.1, 0.15) is 0 Å². The van der Waals surface area contributed by atoms with E-state index in [1.807, 2.05) is 11.6 Å². The molecule has 0 aliphatic carbocycles. The van der Waals surface area contributed by atoms with Crippen LogP contribution in [0.2, 0.25) is 0 Å². The van der Waals surface area contributed by atoms with Gasteiger partial charge in [-0.2, -0.15) is 0 Å². The van der Waals surface area contributed by atoms with Crippen molar-refractivity contribution in [2.45, 2.75) is 19.4 Å². The SMILES string of the molecule is C[C@@H]1CN(CCCS(N)(=O)=O)CCN1c1nccs1. The second-order valence-electron chi connectivity index (χ2n) is 4.88. The highest BCUT2D eigenvalue weighted by Crippen LogP contribution is 2.22. The van der Waals surface area contributed by atoms with Crippen LogP contribution in [0, 0.1) is 0 Å². The van der Waals surface area contributed by atoms with E-state index in [9.17, 15) is 8.42 Å². The highest BCUT2D eigenvalue weighted by atomic mass is 32.2. The minimum atomic E-state index is -3.33. The molecule has 1 atom stereocenters. The topological polar surface area (TPSA) is 79.5 Å². The van der Waals surface area contributed by atoms with Crippen molar-refractivity contribution in [2.75, 3.05) is 36.8 Å². The summed E-state index contributed by atoms with van der Waals surface area (Å²) in [6.07, 6.45) is 2.42. The van der Waals surface area contributed by atoms with Gasteiger partial charge in [0.2, 0.25) is 10.0 Å². The van der Waals surface area contributed by atoms with Gasteiger partial charge >= 0.3 is 0 Å². The van der Waals surface area contributed by atoms with E-state index in [1.165, 1.54) is 0 Å². The predicted octanol–water partition coefficient (Wildman–Crippen LogP) is 0.332. The predicted molar refractivity (Wildman–Crippen MR) is 78.0 cm³/mol. The molecule has 1 aliphatic rings. The maximum atomic E-state index is 10.9. The van der Waals surface area contributed by atoms with E-state index in [2.05, 4.69) is 21.7 Å². The highest BCUT2D eigenvalue weighted by molar-refractivity contribution is 7.89. The average molecular weight is 304 g/mol. The van der Waals surface area contributed by atoms with Crippen LogP contribution < -0.4 is 10.0 Å². The summed E-state index contributed by atoms with van der Waals surface area (Å²) in [5.41, 5.74) is 0. The van der Waals surface area contributed by atoms with Gasteiger partial charge in [-0.15, -0.1) is 11.3 Å². The van der Waals surface area contributed by atoms with Gasteiger partial charge in [0.15, 0.2) is 5.13 Å². The first kappa shape index (κ1) is 14.7. The van der Waals surface area contributed by atoms with Crippen molar-refractivity contribution in [2.24, 2.45) is 5.14 Å². The molecule has 1 saturated heterocycles. The third-order valence-electron chi connectivity index (χ3n) is 3.28. The molecule has 2 rings (SSSR count). The summed E-state index contributed by atoms with van der Waals surface area (Å²) >= 11 is 1.66. The molecule has 0 aromatic carbocycles. The molecule has 2 heterocycles. The van der Waals surface area contributed by atoms with E-state index in [1.54, 1.807) is 11.3 Å². The molecule has 1 aliphatic heterocycles. The lowest BCUT2D eigenvalue weighted by Gasteiger charge is -2.39. The van der Waals surface area contributed by atoms with Gasteiger partial charge in [0, 0.05) is 37.3 Å². The van der Waals surface area contributed by atoms with E-state index in [0.29, 0.717) is 12.5 Å². The quantitative estimate of drug-likeness (QED) is 0.848. The minimum absolute atomic E-state index is 0.0636. The maximum Gasteiger partial charge on any atom is 0.209 e. The number of piperazine rings is 1. The third-order valence-corrected chi connectivity index (χ3v) is 4.95. The summed E-state index contributed by atoms with van der Waals surface area (Å²) in [4.78, 5) is 8.94. The average Bonchev–Trinajstić information content (AvgIpc) is 2.81. The monoisotopic (exact) mass is 304 g/mol. The zero-order valence-corrected chi connectivity index (χ0v) is 12.7. The molecule has 1 fully saturated rings. The Bertz CT molecular complexity index is 489. The van der Waals surface area contributed by atoms with Gasteiger partial charge in [0.05, 0.1) is 5.75 Å². The minimum Gasteiger partial charge on any atom is -0.343 e. The lowest BCUT2D eigenvalue weighted by molar-refractivity contribution is 0.229. The van der Waals surface area contributed by atoms with E-state index in [0.717, 1.165) is 31.3 Å². The first-order chi connectivity index (χ1) is 8.96. The zero-order valence-electron chi connectivity index (χ0n) is 11.0. The smallest absolute Gasteiger partial charge is 0.209 e. The molecule has 2 N–H and O–H groups in total. The van der Waals surface area contributed by atoms with Crippen LogP contribution in [-0.2, 0) is 10.0 Å². The molecule has 19 heavy (non-hydrogen) atoms. The molecule has 0 saturated carbocycles. The molecule has 1 aromatic rings. The number of anilines is 1. The summed E-state index contributed by atoms with van der Waals surface area (Å²) in [5.74, 6) is 0.0636. The molecule has 0 amide bonds. The number of hydrogen-bond donors (Lipinski definition) is 1. The van der Waals surface area contributed by atoms with Gasteiger partial charge in [-0.25, -0.2) is 18.5 Å². The molecule has 1 aromatic heterocycles. The number of thiazole rings is 1. The van der Waals surface area contributed by atoms with Crippen molar-refractivity contribution >= 4 is 26.5 Å². The Kier molecular flexibility index (Phi) is 4.77. The molecular formula is C11H20N4O2S2. The Morgan fingerprint density at radius 3 is 2.89 bits per heavy atom. The van der Waals surface area contributed by atoms with E-state index >= 15 is 0 Å². The molecule has 0 bridgehead atoms. The van der Waals surface area contributed by atoms with Crippen LogP contribution >= 0.6 is 11.3 Å². The van der Waals surface area contributed by atoms with Crippen LogP contribution in [0.1, 0.15) is 13.3 Å². The molecule has 0 unspecified atom stereocenters. The summed E-state index contributed by atoms with van der Waals surface area (Å²) < 4.78 is 21.8. The maximum absolute atomic E-state index is 10.9. The van der Waals surface area contributed by atoms with Crippen LogP contribution in [-0.4, -0.2) is 56.3 Å². The third kappa shape index (κ3) is 4.41. The number of sulfonamides is 1. The van der Waals surface area contributed by atoms with Crippen LogP contribution in [0.3, 0.4) is 0 Å². The summed E-state index contributed by atoms with van der Waals surface area (Å²) in [7, 11) is -3.33. The fourth-order valence-electron chi connectivity index (χ4n) is 2.37. The Morgan fingerprint density at radius 1 is 1.53 bits per heavy atom. The number of nitrogens with two attached hydrogens (primary N) is 1. The van der Waals surface area contributed by atoms with Crippen LogP contribution in [0.25, 0.3) is 0 Å². The van der Waals surface area contributed by atoms with Gasteiger partial charge in [0.25, 0.3) is 0 Å².